The molecule has 0 saturated carbocycles. The van der Waals surface area contributed by atoms with Gasteiger partial charge in [0.1, 0.15) is 0 Å². The van der Waals surface area contributed by atoms with Crippen LogP contribution < -0.4 is 0 Å². The van der Waals surface area contributed by atoms with Crippen LogP contribution in [0, 0.1) is 0 Å². The largest absolute Gasteiger partial charge is 1.00 e. The summed E-state index contributed by atoms with van der Waals surface area (Å²) in [5, 5.41) is 0. The quantitative estimate of drug-likeness (QED) is 0.318. The summed E-state index contributed by atoms with van der Waals surface area (Å²) < 4.78 is 41.4. The molecule has 1 aliphatic rings. The van der Waals surface area contributed by atoms with Gasteiger partial charge in [0.15, 0.2) is 26.4 Å². The van der Waals surface area contributed by atoms with Gasteiger partial charge in [0.25, 0.3) is 0 Å². The monoisotopic (exact) mass is 552 g/mol. The van der Waals surface area contributed by atoms with Gasteiger partial charge >= 0.3 is 1.43 Å². The van der Waals surface area contributed by atoms with Gasteiger partial charge in [-0.1, -0.05) is 73.3 Å². The van der Waals surface area contributed by atoms with Crippen molar-refractivity contribution in [2.75, 3.05) is 27.1 Å². The SMILES string of the molecule is C.C.C.C.C.C.C.C.C.CO[SiH](C)C.CO[Si](C)(C)CO[SiH](C)C.C[Si]1(C)CCCCO1.[2H][2H].[2H][2H].[H+]. The van der Waals surface area contributed by atoms with Crippen molar-refractivity contribution in [3.8, 4) is 0 Å². The summed E-state index contributed by atoms with van der Waals surface area (Å²) in [4.78, 5) is 0. The van der Waals surface area contributed by atoms with Gasteiger partial charge in [-0.25, -0.2) is 0 Å². The molecule has 1 aliphatic heterocycles. The minimum Gasteiger partial charge on any atom is -0.424 e. The van der Waals surface area contributed by atoms with Gasteiger partial charge in [0, 0.05) is 26.8 Å². The van der Waals surface area contributed by atoms with Crippen molar-refractivity contribution in [3.05, 3.63) is 0 Å². The summed E-state index contributed by atoms with van der Waals surface area (Å²) in [6, 6.07) is 1.37. The lowest BCUT2D eigenvalue weighted by molar-refractivity contribution is 0.275. The molecule has 0 aliphatic carbocycles. The fourth-order valence-electron chi connectivity index (χ4n) is 1.50. The first-order valence-corrected chi connectivity index (χ1v) is 20.6. The summed E-state index contributed by atoms with van der Waals surface area (Å²) in [5.41, 5.74) is 0. The van der Waals surface area contributed by atoms with Crippen LogP contribution in [-0.4, -0.2) is 61.8 Å². The first-order valence-electron chi connectivity index (χ1n) is 10.8. The molecular formula is C24H83O4Si4+. The Morgan fingerprint density at radius 3 is 1.38 bits per heavy atom. The predicted molar refractivity (Wildman–Crippen MR) is 179 cm³/mol. The second-order valence-corrected chi connectivity index (χ2v) is 21.2. The van der Waals surface area contributed by atoms with Gasteiger partial charge in [0.05, 0.1) is 6.23 Å². The standard InChI is InChI=1S/C6H18O2Si2.C6H14OSi.C3H10OSi.9CH4.2H2/c1-7-10(4,5)6-8-9(2)3;1-8(2)6-4-3-5-7-8;1-4-5(2)3;;;;;;;;;;;/h9H,6H2,1-5H3;3-6H2,1-2H3;5H,1-3H3;9*1H4;2*1H/p+1/i;;;;;;;;;;;;2*1+1D. The maximum atomic E-state index is 5.60. The first kappa shape index (κ1) is 58.5. The van der Waals surface area contributed by atoms with E-state index in [1.807, 2.05) is 0 Å². The average molecular weight is 552 g/mol. The number of rotatable bonds is 5. The fourth-order valence-corrected chi connectivity index (χ4v) is 6.50. The van der Waals surface area contributed by atoms with E-state index in [4.69, 9.17) is 23.6 Å². The van der Waals surface area contributed by atoms with E-state index >= 15 is 0 Å². The lowest BCUT2D eigenvalue weighted by Crippen LogP contribution is -2.37. The maximum absolute atomic E-state index is 5.60. The Labute approximate surface area is 225 Å². The van der Waals surface area contributed by atoms with Crippen molar-refractivity contribution in [2.24, 2.45) is 0 Å². The van der Waals surface area contributed by atoms with E-state index in [0.717, 1.165) is 12.8 Å². The predicted octanol–water partition coefficient (Wildman–Crippen LogP) is 10.3. The Morgan fingerprint density at radius 1 is 0.844 bits per heavy atom. The van der Waals surface area contributed by atoms with Crippen LogP contribution in [-0.2, 0) is 17.7 Å². The zero-order chi connectivity index (χ0) is 22.5. The molecule has 32 heavy (non-hydrogen) atoms. The summed E-state index contributed by atoms with van der Waals surface area (Å²) in [7, 11) is -0.461. The van der Waals surface area contributed by atoms with Crippen molar-refractivity contribution in [2.45, 2.75) is 138 Å². The highest BCUT2D eigenvalue weighted by molar-refractivity contribution is 6.71. The van der Waals surface area contributed by atoms with E-state index in [1.54, 1.807) is 14.2 Å². The Hall–Kier alpha value is 0.708. The van der Waals surface area contributed by atoms with Gasteiger partial charge in [-0.05, 0) is 64.8 Å². The Bertz CT molecular complexity index is 292. The van der Waals surface area contributed by atoms with Crippen LogP contribution in [0.2, 0.25) is 58.4 Å². The molecule has 0 spiro atoms. The third-order valence-electron chi connectivity index (χ3n) is 3.45. The highest BCUT2D eigenvalue weighted by atomic mass is 28.4. The van der Waals surface area contributed by atoms with Crippen LogP contribution in [0.15, 0.2) is 0 Å². The van der Waals surface area contributed by atoms with E-state index < -0.39 is 34.7 Å². The smallest absolute Gasteiger partial charge is 0.424 e. The van der Waals surface area contributed by atoms with Crippen molar-refractivity contribution in [1.29, 1.82) is 0 Å². The molecule has 0 unspecified atom stereocenters. The molecule has 4 nitrogen and oxygen atoms in total. The van der Waals surface area contributed by atoms with E-state index in [-0.39, 0.29) is 68.3 Å². The molecule has 0 aromatic heterocycles. The third-order valence-corrected chi connectivity index (χ3v) is 10.1. The average Bonchev–Trinajstić information content (AvgIpc) is 2.64. The van der Waals surface area contributed by atoms with Crippen molar-refractivity contribution in [3.63, 3.8) is 0 Å². The van der Waals surface area contributed by atoms with Crippen molar-refractivity contribution < 1.29 is 25.1 Å². The molecule has 8 heteroatoms. The van der Waals surface area contributed by atoms with Gasteiger partial charge in [-0.15, -0.1) is 0 Å². The van der Waals surface area contributed by atoms with Crippen LogP contribution in [0.3, 0.4) is 0 Å². The molecule has 0 aromatic carbocycles. The van der Waals surface area contributed by atoms with Crippen LogP contribution in [0.1, 0.15) is 87.0 Å². The van der Waals surface area contributed by atoms with Crippen molar-refractivity contribution >= 4 is 34.7 Å². The topological polar surface area (TPSA) is 36.9 Å². The molecule has 1 heterocycles. The second kappa shape index (κ2) is 38.9. The molecule has 0 amide bonds. The van der Waals surface area contributed by atoms with E-state index in [1.165, 1.54) is 18.9 Å². The number of hydrogen-bond donors (Lipinski definition) is 0. The first-order chi connectivity index (χ1) is 12.5. The Balaban J connectivity index is -0.0000000152. The third kappa shape index (κ3) is 57.5. The normalized spacial score (nSPS) is 12.9. The summed E-state index contributed by atoms with van der Waals surface area (Å²) in [6.07, 6.45) is 3.54. The van der Waals surface area contributed by atoms with Gasteiger partial charge < -0.3 is 17.7 Å². The highest BCUT2D eigenvalue weighted by Crippen LogP contribution is 2.20. The molecule has 0 aromatic rings. The Morgan fingerprint density at radius 2 is 1.22 bits per heavy atom. The number of hydrogen-bond acceptors (Lipinski definition) is 4. The zero-order valence-electron chi connectivity index (χ0n) is 22.3. The molecule has 218 valence electrons. The minimum atomic E-state index is -1.43. The summed E-state index contributed by atoms with van der Waals surface area (Å²) in [6.45, 7) is 18.6. The highest BCUT2D eigenvalue weighted by Gasteiger charge is 2.24. The molecule has 0 atom stereocenters. The molecule has 1 fully saturated rings. The van der Waals surface area contributed by atoms with Gasteiger partial charge in [-0.3, -0.25) is 0 Å². The zero-order valence-corrected chi connectivity index (χ0v) is 21.6. The Kier molecular flexibility index (Phi) is 71.2. The van der Waals surface area contributed by atoms with Crippen LogP contribution in [0.4, 0.5) is 0 Å². The molecule has 0 bridgehead atoms. The van der Waals surface area contributed by atoms with Crippen LogP contribution in [0.5, 0.6) is 0 Å². The second-order valence-electron chi connectivity index (χ2n) is 7.67. The molecule has 1 saturated heterocycles. The van der Waals surface area contributed by atoms with E-state index in [9.17, 15) is 0 Å². The van der Waals surface area contributed by atoms with Crippen LogP contribution in [0.25, 0.3) is 0 Å². The summed E-state index contributed by atoms with van der Waals surface area (Å²) in [5.74, 6) is 0. The lowest BCUT2D eigenvalue weighted by atomic mass is 10.4. The van der Waals surface area contributed by atoms with Crippen molar-refractivity contribution in [1.82, 2.24) is 0 Å². The minimum absolute atomic E-state index is 0. The van der Waals surface area contributed by atoms with Gasteiger partial charge in [-0.2, -0.15) is 0 Å². The lowest BCUT2D eigenvalue weighted by Gasteiger charge is -2.27. The fraction of sp³-hybridized carbons (Fsp3) is 1.00. The molecule has 1 rings (SSSR count). The van der Waals surface area contributed by atoms with E-state index in [0.29, 0.717) is 0 Å². The molecule has 0 radical (unpaired) electrons. The maximum Gasteiger partial charge on any atom is 1.00 e. The summed E-state index contributed by atoms with van der Waals surface area (Å²) >= 11 is 0. The van der Waals surface area contributed by atoms with E-state index in [2.05, 4.69) is 52.4 Å². The molecule has 0 N–H and O–H groups in total. The molecular weight excluding hydrogens is 465 g/mol. The van der Waals surface area contributed by atoms with Crippen LogP contribution >= 0.6 is 0 Å². The van der Waals surface area contributed by atoms with Gasteiger partial charge in [0.2, 0.25) is 8.32 Å².